The summed E-state index contributed by atoms with van der Waals surface area (Å²) in [6.07, 6.45) is 0.277. The average Bonchev–Trinajstić information content (AvgIpc) is 2.43. The molecule has 1 aromatic carbocycles. The zero-order valence-corrected chi connectivity index (χ0v) is 12.7. The molecule has 4 nitrogen and oxygen atoms in total. The lowest BCUT2D eigenvalue weighted by Crippen LogP contribution is -2.41. The first-order valence-electron chi connectivity index (χ1n) is 6.66. The summed E-state index contributed by atoms with van der Waals surface area (Å²) in [5.41, 5.74) is 0.792. The molecular weight excluding hydrogens is 299 g/mol. The highest BCUT2D eigenvalue weighted by molar-refractivity contribution is 6.35. The van der Waals surface area contributed by atoms with Crippen molar-refractivity contribution in [3.05, 3.63) is 33.8 Å². The highest BCUT2D eigenvalue weighted by atomic mass is 35.5. The number of ether oxygens (including phenoxy) is 1. The Bertz CT molecular complexity index is 462. The van der Waals surface area contributed by atoms with E-state index in [0.717, 1.165) is 38.4 Å². The molecule has 1 heterocycles. The summed E-state index contributed by atoms with van der Waals surface area (Å²) in [4.78, 5) is 14.1. The highest BCUT2D eigenvalue weighted by Gasteiger charge is 2.11. The first kappa shape index (κ1) is 15.6. The third-order valence-electron chi connectivity index (χ3n) is 3.22. The predicted octanol–water partition coefficient (Wildman–Crippen LogP) is 1.98. The zero-order valence-electron chi connectivity index (χ0n) is 11.2. The Kier molecular flexibility index (Phi) is 6.10. The fraction of sp³-hybridized carbons (Fsp3) is 0.500. The van der Waals surface area contributed by atoms with E-state index in [4.69, 9.17) is 27.9 Å². The van der Waals surface area contributed by atoms with Gasteiger partial charge in [0.2, 0.25) is 5.91 Å². The van der Waals surface area contributed by atoms with Crippen molar-refractivity contribution in [1.29, 1.82) is 0 Å². The van der Waals surface area contributed by atoms with Gasteiger partial charge in [-0.1, -0.05) is 29.3 Å². The second-order valence-electron chi connectivity index (χ2n) is 4.72. The first-order chi connectivity index (χ1) is 9.65. The molecule has 1 amide bonds. The Hall–Kier alpha value is -0.810. The van der Waals surface area contributed by atoms with E-state index in [1.54, 1.807) is 18.2 Å². The summed E-state index contributed by atoms with van der Waals surface area (Å²) in [5.74, 6) is -0.0255. The maximum atomic E-state index is 11.8. The van der Waals surface area contributed by atoms with E-state index in [1.807, 2.05) is 0 Å². The smallest absolute Gasteiger partial charge is 0.224 e. The van der Waals surface area contributed by atoms with Gasteiger partial charge in [-0.15, -0.1) is 0 Å². The van der Waals surface area contributed by atoms with E-state index in [0.29, 0.717) is 16.6 Å². The summed E-state index contributed by atoms with van der Waals surface area (Å²) in [7, 11) is 0. The number of amides is 1. The molecule has 1 fully saturated rings. The highest BCUT2D eigenvalue weighted by Crippen LogP contribution is 2.21. The van der Waals surface area contributed by atoms with Gasteiger partial charge in [0.1, 0.15) is 0 Å². The molecule has 6 heteroatoms. The molecule has 20 heavy (non-hydrogen) atoms. The minimum absolute atomic E-state index is 0.0255. The molecule has 1 aromatic rings. The number of nitrogens with zero attached hydrogens (tertiary/aromatic N) is 1. The van der Waals surface area contributed by atoms with Gasteiger partial charge in [0.25, 0.3) is 0 Å². The first-order valence-corrected chi connectivity index (χ1v) is 7.41. The maximum Gasteiger partial charge on any atom is 0.224 e. The van der Waals surface area contributed by atoms with Gasteiger partial charge >= 0.3 is 0 Å². The Balaban J connectivity index is 1.72. The van der Waals surface area contributed by atoms with Crippen molar-refractivity contribution in [2.75, 3.05) is 39.4 Å². The van der Waals surface area contributed by atoms with Crippen molar-refractivity contribution in [2.24, 2.45) is 0 Å². The Morgan fingerprint density at radius 1 is 1.30 bits per heavy atom. The molecule has 1 saturated heterocycles. The van der Waals surface area contributed by atoms with Crippen molar-refractivity contribution in [3.8, 4) is 0 Å². The van der Waals surface area contributed by atoms with E-state index in [2.05, 4.69) is 10.2 Å². The minimum Gasteiger partial charge on any atom is -0.379 e. The molecule has 0 atom stereocenters. The van der Waals surface area contributed by atoms with Crippen LogP contribution in [0.15, 0.2) is 18.2 Å². The fourth-order valence-corrected chi connectivity index (χ4v) is 2.55. The molecule has 110 valence electrons. The molecule has 0 spiro atoms. The van der Waals surface area contributed by atoms with Crippen molar-refractivity contribution in [1.82, 2.24) is 10.2 Å². The lowest BCUT2D eigenvalue weighted by Gasteiger charge is -2.26. The molecule has 0 unspecified atom stereocenters. The van der Waals surface area contributed by atoms with Gasteiger partial charge in [-0.2, -0.15) is 0 Å². The van der Waals surface area contributed by atoms with Crippen LogP contribution in [0, 0.1) is 0 Å². The molecule has 2 rings (SSSR count). The summed E-state index contributed by atoms with van der Waals surface area (Å²) < 4.78 is 5.27. The van der Waals surface area contributed by atoms with Crippen molar-refractivity contribution in [3.63, 3.8) is 0 Å². The molecule has 1 aliphatic rings. The summed E-state index contributed by atoms with van der Waals surface area (Å²) >= 11 is 11.9. The Labute approximate surface area is 129 Å². The molecule has 0 aliphatic carbocycles. The zero-order chi connectivity index (χ0) is 14.4. The van der Waals surface area contributed by atoms with Crippen LogP contribution >= 0.6 is 23.2 Å². The van der Waals surface area contributed by atoms with Gasteiger partial charge in [0.05, 0.1) is 19.6 Å². The average molecular weight is 317 g/mol. The maximum absolute atomic E-state index is 11.8. The normalized spacial score (nSPS) is 16.1. The number of carbonyl (C=O) groups is 1. The molecule has 1 aliphatic heterocycles. The summed E-state index contributed by atoms with van der Waals surface area (Å²) in [6, 6.07) is 5.18. The topological polar surface area (TPSA) is 41.6 Å². The Morgan fingerprint density at radius 3 is 2.75 bits per heavy atom. The SMILES string of the molecule is O=C(Cc1ccc(Cl)cc1Cl)NCCN1CCOCC1. The van der Waals surface area contributed by atoms with Crippen LogP contribution in [-0.4, -0.2) is 50.2 Å². The second-order valence-corrected chi connectivity index (χ2v) is 5.56. The number of benzene rings is 1. The number of rotatable bonds is 5. The third kappa shape index (κ3) is 4.94. The van der Waals surface area contributed by atoms with Crippen LogP contribution in [0.1, 0.15) is 5.56 Å². The van der Waals surface area contributed by atoms with Crippen molar-refractivity contribution >= 4 is 29.1 Å². The quantitative estimate of drug-likeness (QED) is 0.903. The van der Waals surface area contributed by atoms with Crippen LogP contribution < -0.4 is 5.32 Å². The number of halogens is 2. The van der Waals surface area contributed by atoms with Gasteiger partial charge in [-0.25, -0.2) is 0 Å². The van der Waals surface area contributed by atoms with Gasteiger partial charge in [0, 0.05) is 36.2 Å². The van der Waals surface area contributed by atoms with Crippen LogP contribution in [0.4, 0.5) is 0 Å². The minimum atomic E-state index is -0.0255. The lowest BCUT2D eigenvalue weighted by atomic mass is 10.1. The van der Waals surface area contributed by atoms with Gasteiger partial charge in [-0.05, 0) is 17.7 Å². The van der Waals surface area contributed by atoms with Crippen molar-refractivity contribution < 1.29 is 9.53 Å². The van der Waals surface area contributed by atoms with E-state index >= 15 is 0 Å². The van der Waals surface area contributed by atoms with Crippen molar-refractivity contribution in [2.45, 2.75) is 6.42 Å². The fourth-order valence-electron chi connectivity index (χ4n) is 2.08. The number of hydrogen-bond acceptors (Lipinski definition) is 3. The van der Waals surface area contributed by atoms with Crippen LogP contribution in [0.2, 0.25) is 10.0 Å². The lowest BCUT2D eigenvalue weighted by molar-refractivity contribution is -0.120. The summed E-state index contributed by atoms with van der Waals surface area (Å²) in [5, 5.41) is 4.01. The molecule has 0 bridgehead atoms. The third-order valence-corrected chi connectivity index (χ3v) is 3.81. The molecule has 0 radical (unpaired) electrons. The van der Waals surface area contributed by atoms with Crippen LogP contribution in [0.25, 0.3) is 0 Å². The summed E-state index contributed by atoms with van der Waals surface area (Å²) in [6.45, 7) is 4.90. The Morgan fingerprint density at radius 2 is 2.05 bits per heavy atom. The van der Waals surface area contributed by atoms with Gasteiger partial charge in [-0.3, -0.25) is 9.69 Å². The van der Waals surface area contributed by atoms with Crippen LogP contribution in [-0.2, 0) is 16.0 Å². The predicted molar refractivity (Wildman–Crippen MR) is 80.4 cm³/mol. The molecule has 0 saturated carbocycles. The van der Waals surface area contributed by atoms with Crippen LogP contribution in [0.5, 0.6) is 0 Å². The number of morpholine rings is 1. The molecule has 1 N–H and O–H groups in total. The number of nitrogens with one attached hydrogen (secondary N) is 1. The van der Waals surface area contributed by atoms with E-state index < -0.39 is 0 Å². The second kappa shape index (κ2) is 7.84. The van der Waals surface area contributed by atoms with Gasteiger partial charge < -0.3 is 10.1 Å². The standard InChI is InChI=1S/C14H18Cl2N2O2/c15-12-2-1-11(13(16)10-12)9-14(19)17-3-4-18-5-7-20-8-6-18/h1-2,10H,3-9H2,(H,17,19). The monoisotopic (exact) mass is 316 g/mol. The van der Waals surface area contributed by atoms with Gasteiger partial charge in [0.15, 0.2) is 0 Å². The van der Waals surface area contributed by atoms with E-state index in [-0.39, 0.29) is 12.3 Å². The van der Waals surface area contributed by atoms with E-state index in [1.165, 1.54) is 0 Å². The molecular formula is C14H18Cl2N2O2. The number of hydrogen-bond donors (Lipinski definition) is 1. The largest absolute Gasteiger partial charge is 0.379 e. The number of carbonyl (C=O) groups excluding carboxylic acids is 1. The van der Waals surface area contributed by atoms with Crippen LogP contribution in [0.3, 0.4) is 0 Å². The van der Waals surface area contributed by atoms with E-state index in [9.17, 15) is 4.79 Å². The molecule has 0 aromatic heterocycles.